The average molecular weight is 262 g/mol. The number of halogens is 4. The van der Waals surface area contributed by atoms with Crippen molar-refractivity contribution >= 4 is 21.8 Å². The van der Waals surface area contributed by atoms with E-state index in [0.29, 0.717) is 5.33 Å². The van der Waals surface area contributed by atoms with Crippen molar-refractivity contribution < 1.29 is 18.0 Å². The quantitative estimate of drug-likeness (QED) is 0.711. The zero-order valence-electron chi connectivity index (χ0n) is 7.20. The van der Waals surface area contributed by atoms with Gasteiger partial charge in [-0.15, -0.1) is 0 Å². The lowest BCUT2D eigenvalue weighted by molar-refractivity contribution is -0.143. The number of hydrogen-bond acceptors (Lipinski definition) is 1. The van der Waals surface area contributed by atoms with E-state index >= 15 is 0 Å². The molecule has 0 spiro atoms. The van der Waals surface area contributed by atoms with E-state index in [0.717, 1.165) is 4.90 Å². The van der Waals surface area contributed by atoms with Crippen molar-refractivity contribution in [3.8, 4) is 0 Å². The minimum absolute atomic E-state index is 0.231. The maximum absolute atomic E-state index is 11.7. The predicted molar refractivity (Wildman–Crippen MR) is 46.7 cm³/mol. The molecule has 6 heteroatoms. The van der Waals surface area contributed by atoms with Crippen LogP contribution in [0.4, 0.5) is 13.2 Å². The van der Waals surface area contributed by atoms with Gasteiger partial charge in [0.05, 0.1) is 6.42 Å². The fraction of sp³-hybridized carbons (Fsp3) is 0.857. The van der Waals surface area contributed by atoms with Crippen molar-refractivity contribution in [3.63, 3.8) is 0 Å². The van der Waals surface area contributed by atoms with Gasteiger partial charge in [0.2, 0.25) is 5.91 Å². The molecule has 0 fully saturated rings. The smallest absolute Gasteiger partial charge is 0.345 e. The molecule has 0 N–H and O–H groups in total. The van der Waals surface area contributed by atoms with Gasteiger partial charge in [0, 0.05) is 25.3 Å². The van der Waals surface area contributed by atoms with Crippen molar-refractivity contribution in [2.75, 3.05) is 18.9 Å². The van der Waals surface area contributed by atoms with Gasteiger partial charge in [-0.25, -0.2) is 0 Å². The number of carbonyl (C=O) groups is 1. The third kappa shape index (κ3) is 6.86. The van der Waals surface area contributed by atoms with Crippen LogP contribution in [0.5, 0.6) is 0 Å². The summed E-state index contributed by atoms with van der Waals surface area (Å²) in [6, 6.07) is 0. The number of carbonyl (C=O) groups excluding carboxylic acids is 1. The molecular formula is C7H11BrF3NO. The van der Waals surface area contributed by atoms with E-state index in [1.165, 1.54) is 7.05 Å². The number of nitrogens with zero attached hydrogens (tertiary/aromatic N) is 1. The highest BCUT2D eigenvalue weighted by molar-refractivity contribution is 9.09. The highest BCUT2D eigenvalue weighted by Gasteiger charge is 2.27. The summed E-state index contributed by atoms with van der Waals surface area (Å²) in [6.07, 6.45) is -4.91. The molecule has 13 heavy (non-hydrogen) atoms. The van der Waals surface area contributed by atoms with E-state index in [1.807, 2.05) is 0 Å². The third-order valence-corrected chi connectivity index (χ3v) is 1.86. The Hall–Kier alpha value is -0.260. The van der Waals surface area contributed by atoms with Crippen LogP contribution in [0.15, 0.2) is 0 Å². The van der Waals surface area contributed by atoms with Crippen LogP contribution in [-0.2, 0) is 4.79 Å². The van der Waals surface area contributed by atoms with Gasteiger partial charge in [-0.1, -0.05) is 15.9 Å². The van der Waals surface area contributed by atoms with Gasteiger partial charge in [0.25, 0.3) is 0 Å². The van der Waals surface area contributed by atoms with Crippen molar-refractivity contribution in [1.29, 1.82) is 0 Å². The van der Waals surface area contributed by atoms with E-state index in [1.54, 1.807) is 0 Å². The standard InChI is InChI=1S/C7H11BrF3NO/c1-12(6(13)2-4-8)5-3-7(9,10)11/h2-5H2,1H3. The molecule has 0 aromatic carbocycles. The third-order valence-electron chi connectivity index (χ3n) is 1.46. The lowest BCUT2D eigenvalue weighted by atomic mass is 10.3. The van der Waals surface area contributed by atoms with Crippen molar-refractivity contribution in [1.82, 2.24) is 4.90 Å². The molecule has 0 rings (SSSR count). The predicted octanol–water partition coefficient (Wildman–Crippen LogP) is 2.18. The first-order valence-corrected chi connectivity index (χ1v) is 4.85. The Bertz CT molecular complexity index is 172. The second-order valence-corrected chi connectivity index (χ2v) is 3.41. The normalized spacial score (nSPS) is 11.5. The largest absolute Gasteiger partial charge is 0.390 e. The number of hydrogen-bond donors (Lipinski definition) is 0. The van der Waals surface area contributed by atoms with E-state index in [4.69, 9.17) is 0 Å². The SMILES string of the molecule is CN(CCC(F)(F)F)C(=O)CCBr. The maximum atomic E-state index is 11.7. The van der Waals surface area contributed by atoms with Gasteiger partial charge in [0.1, 0.15) is 0 Å². The summed E-state index contributed by atoms with van der Waals surface area (Å²) >= 11 is 3.04. The first kappa shape index (κ1) is 12.7. The van der Waals surface area contributed by atoms with Crippen molar-refractivity contribution in [2.24, 2.45) is 0 Å². The van der Waals surface area contributed by atoms with E-state index in [2.05, 4.69) is 15.9 Å². The Balaban J connectivity index is 3.74. The van der Waals surface area contributed by atoms with E-state index in [9.17, 15) is 18.0 Å². The molecule has 0 radical (unpaired) electrons. The molecule has 2 nitrogen and oxygen atoms in total. The Morgan fingerprint density at radius 2 is 2.00 bits per heavy atom. The summed E-state index contributed by atoms with van der Waals surface area (Å²) in [5, 5.41) is 0.474. The molecule has 0 aromatic heterocycles. The van der Waals surface area contributed by atoms with Crippen LogP contribution >= 0.6 is 15.9 Å². The minimum Gasteiger partial charge on any atom is -0.345 e. The topological polar surface area (TPSA) is 20.3 Å². The monoisotopic (exact) mass is 261 g/mol. The van der Waals surface area contributed by atoms with Crippen LogP contribution in [0.25, 0.3) is 0 Å². The Kier molecular flexibility index (Phi) is 5.36. The average Bonchev–Trinajstić information content (AvgIpc) is 1.99. The summed E-state index contributed by atoms with van der Waals surface area (Å²) in [6.45, 7) is -0.269. The summed E-state index contributed by atoms with van der Waals surface area (Å²) in [5.41, 5.74) is 0. The molecule has 78 valence electrons. The van der Waals surface area contributed by atoms with Gasteiger partial charge in [-0.3, -0.25) is 4.79 Å². The van der Waals surface area contributed by atoms with Crippen LogP contribution < -0.4 is 0 Å². The molecule has 0 atom stereocenters. The number of alkyl halides is 4. The van der Waals surface area contributed by atoms with Gasteiger partial charge in [0.15, 0.2) is 0 Å². The molecule has 0 aliphatic rings. The highest BCUT2D eigenvalue weighted by atomic mass is 79.9. The maximum Gasteiger partial charge on any atom is 0.390 e. The van der Waals surface area contributed by atoms with Gasteiger partial charge in [-0.05, 0) is 0 Å². The molecule has 0 unspecified atom stereocenters. The van der Waals surface area contributed by atoms with Crippen LogP contribution in [0.1, 0.15) is 12.8 Å². The molecular weight excluding hydrogens is 251 g/mol. The summed E-state index contributed by atoms with van der Waals surface area (Å²) in [4.78, 5) is 12.1. The molecule has 0 aromatic rings. The molecule has 0 aliphatic carbocycles. The van der Waals surface area contributed by atoms with Crippen LogP contribution in [-0.4, -0.2) is 35.9 Å². The van der Waals surface area contributed by atoms with Gasteiger partial charge in [-0.2, -0.15) is 13.2 Å². The van der Waals surface area contributed by atoms with E-state index < -0.39 is 12.6 Å². The Morgan fingerprint density at radius 1 is 1.46 bits per heavy atom. The fourth-order valence-corrected chi connectivity index (χ4v) is 1.03. The zero-order chi connectivity index (χ0) is 10.5. The minimum atomic E-state index is -4.19. The summed E-state index contributed by atoms with van der Waals surface area (Å²) in [7, 11) is 1.37. The fourth-order valence-electron chi connectivity index (χ4n) is 0.691. The molecule has 0 aliphatic heterocycles. The first-order valence-electron chi connectivity index (χ1n) is 3.73. The number of rotatable bonds is 4. The lowest BCUT2D eigenvalue weighted by Gasteiger charge is -2.17. The molecule has 0 bridgehead atoms. The first-order chi connectivity index (χ1) is 5.87. The van der Waals surface area contributed by atoms with Gasteiger partial charge < -0.3 is 4.90 Å². The summed E-state index contributed by atoms with van der Waals surface area (Å²) < 4.78 is 35.2. The van der Waals surface area contributed by atoms with Crippen molar-refractivity contribution in [2.45, 2.75) is 19.0 Å². The molecule has 0 saturated heterocycles. The van der Waals surface area contributed by atoms with Crippen LogP contribution in [0.3, 0.4) is 0 Å². The Labute approximate surface area is 83.2 Å². The molecule has 0 heterocycles. The Morgan fingerprint density at radius 3 is 2.38 bits per heavy atom. The van der Waals surface area contributed by atoms with Crippen molar-refractivity contribution in [3.05, 3.63) is 0 Å². The lowest BCUT2D eigenvalue weighted by Crippen LogP contribution is -2.30. The second kappa shape index (κ2) is 5.47. The van der Waals surface area contributed by atoms with E-state index in [-0.39, 0.29) is 18.9 Å². The van der Waals surface area contributed by atoms with Gasteiger partial charge >= 0.3 is 6.18 Å². The van der Waals surface area contributed by atoms with Crippen LogP contribution in [0.2, 0.25) is 0 Å². The number of amides is 1. The summed E-state index contributed by atoms with van der Waals surface area (Å²) in [5.74, 6) is -0.277. The molecule has 0 saturated carbocycles. The second-order valence-electron chi connectivity index (χ2n) is 2.62. The van der Waals surface area contributed by atoms with Crippen LogP contribution in [0, 0.1) is 0 Å². The zero-order valence-corrected chi connectivity index (χ0v) is 8.78. The highest BCUT2D eigenvalue weighted by Crippen LogP contribution is 2.19. The molecule has 1 amide bonds.